The topological polar surface area (TPSA) is 95.3 Å². The van der Waals surface area contributed by atoms with Gasteiger partial charge in [-0.15, -0.1) is 0 Å². The molecule has 3 aromatic carbocycles. The molecular formula is C31H28N4O4S. The number of hydrogen-bond acceptors (Lipinski definition) is 6. The number of allylic oxidation sites excluding steroid dienone is 1. The highest BCUT2D eigenvalue weighted by atomic mass is 32.2. The average molecular weight is 553 g/mol. The molecule has 8 nitrogen and oxygen atoms in total. The molecule has 1 aliphatic heterocycles. The second kappa shape index (κ2) is 10.2. The van der Waals surface area contributed by atoms with Crippen molar-refractivity contribution >= 4 is 37.8 Å². The largest absolute Gasteiger partial charge is 0.494 e. The molecule has 40 heavy (non-hydrogen) atoms. The molecule has 0 radical (unpaired) electrons. The summed E-state index contributed by atoms with van der Waals surface area (Å²) < 4.78 is 40.2. The molecule has 2 aromatic heterocycles. The zero-order chi connectivity index (χ0) is 27.9. The number of methoxy groups -OCH3 is 1. The lowest BCUT2D eigenvalue weighted by Gasteiger charge is -2.18. The van der Waals surface area contributed by atoms with Gasteiger partial charge in [0.15, 0.2) is 0 Å². The lowest BCUT2D eigenvalue weighted by Crippen LogP contribution is -2.09. The van der Waals surface area contributed by atoms with Gasteiger partial charge in [0, 0.05) is 22.8 Å². The Morgan fingerprint density at radius 2 is 1.90 bits per heavy atom. The molecule has 0 amide bonds. The van der Waals surface area contributed by atoms with Gasteiger partial charge in [0.25, 0.3) is 0 Å². The predicted octanol–water partition coefficient (Wildman–Crippen LogP) is 6.06. The number of anilines is 1. The number of nitrogens with zero attached hydrogens (tertiary/aromatic N) is 3. The summed E-state index contributed by atoms with van der Waals surface area (Å²) in [7, 11) is -1.77. The molecule has 0 spiro atoms. The number of benzene rings is 3. The quantitative estimate of drug-likeness (QED) is 0.275. The Hall–Kier alpha value is -4.63. The van der Waals surface area contributed by atoms with Gasteiger partial charge >= 0.3 is 0 Å². The van der Waals surface area contributed by atoms with Crippen molar-refractivity contribution < 1.29 is 17.9 Å². The number of sulfonamides is 1. The second-order valence-corrected chi connectivity index (χ2v) is 11.4. The Bertz CT molecular complexity index is 1890. The Morgan fingerprint density at radius 1 is 1.05 bits per heavy atom. The minimum absolute atomic E-state index is 0.336. The first-order chi connectivity index (χ1) is 19.4. The molecule has 202 valence electrons. The summed E-state index contributed by atoms with van der Waals surface area (Å²) >= 11 is 0. The number of nitrogens with one attached hydrogen (secondary N) is 1. The predicted molar refractivity (Wildman–Crippen MR) is 157 cm³/mol. The van der Waals surface area contributed by atoms with Crippen LogP contribution in [0, 0.1) is 0 Å². The fraction of sp³-hybridized carbons (Fsp3) is 0.161. The van der Waals surface area contributed by atoms with Gasteiger partial charge in [-0.2, -0.15) is 5.10 Å². The standard InChI is InChI=1S/C31H28N4O4S/c1-4-24(20-9-7-10-23(15-20)34-40(3,36)37)30-25-11-8-14-32-31(25)39-19-22-17-28-21(16-26(22)30)18-33-35(28)27-12-5-6-13-29(27)38-2/h5-18,34H,4,19H2,1-3H3/b30-24+. The maximum Gasteiger partial charge on any atom is 0.229 e. The molecule has 1 aliphatic rings. The lowest BCUT2D eigenvalue weighted by molar-refractivity contribution is 0.295. The van der Waals surface area contributed by atoms with Crippen molar-refractivity contribution in [3.8, 4) is 17.3 Å². The van der Waals surface area contributed by atoms with E-state index >= 15 is 0 Å². The van der Waals surface area contributed by atoms with E-state index in [0.29, 0.717) is 24.6 Å². The van der Waals surface area contributed by atoms with Crippen molar-refractivity contribution in [1.82, 2.24) is 14.8 Å². The zero-order valence-corrected chi connectivity index (χ0v) is 23.2. The van der Waals surface area contributed by atoms with E-state index in [0.717, 1.165) is 62.0 Å². The van der Waals surface area contributed by atoms with Gasteiger partial charge in [0.05, 0.1) is 25.1 Å². The highest BCUT2D eigenvalue weighted by Gasteiger charge is 2.25. The van der Waals surface area contributed by atoms with Crippen LogP contribution < -0.4 is 14.2 Å². The molecule has 0 unspecified atom stereocenters. The van der Waals surface area contributed by atoms with E-state index in [4.69, 9.17) is 14.6 Å². The van der Waals surface area contributed by atoms with Crippen LogP contribution in [0.3, 0.4) is 0 Å². The summed E-state index contributed by atoms with van der Waals surface area (Å²) in [5.74, 6) is 1.28. The molecular weight excluding hydrogens is 524 g/mol. The van der Waals surface area contributed by atoms with Crippen molar-refractivity contribution in [3.05, 3.63) is 107 Å². The molecule has 1 N–H and O–H groups in total. The number of pyridine rings is 1. The number of aromatic nitrogens is 3. The summed E-state index contributed by atoms with van der Waals surface area (Å²) in [6.07, 6.45) is 5.43. The molecule has 0 aliphatic carbocycles. The molecule has 9 heteroatoms. The summed E-state index contributed by atoms with van der Waals surface area (Å²) in [6, 6.07) is 23.4. The van der Waals surface area contributed by atoms with E-state index in [2.05, 4.69) is 28.8 Å². The smallest absolute Gasteiger partial charge is 0.229 e. The number of fused-ring (bicyclic) bond motifs is 3. The third-order valence-electron chi connectivity index (χ3n) is 6.95. The van der Waals surface area contributed by atoms with Crippen LogP contribution in [0.2, 0.25) is 0 Å². The fourth-order valence-corrected chi connectivity index (χ4v) is 5.84. The zero-order valence-electron chi connectivity index (χ0n) is 22.4. The molecule has 6 rings (SSSR count). The van der Waals surface area contributed by atoms with Gasteiger partial charge in [0.1, 0.15) is 18.0 Å². The summed E-state index contributed by atoms with van der Waals surface area (Å²) in [5.41, 5.74) is 8.16. The minimum atomic E-state index is -3.42. The van der Waals surface area contributed by atoms with Gasteiger partial charge in [-0.05, 0) is 82.8 Å². The molecule has 0 saturated heterocycles. The van der Waals surface area contributed by atoms with E-state index in [1.165, 1.54) is 0 Å². The van der Waals surface area contributed by atoms with E-state index < -0.39 is 10.0 Å². The first-order valence-corrected chi connectivity index (χ1v) is 14.8. The molecule has 0 saturated carbocycles. The Kier molecular flexibility index (Phi) is 6.51. The van der Waals surface area contributed by atoms with E-state index in [1.807, 2.05) is 65.5 Å². The first-order valence-electron chi connectivity index (χ1n) is 12.9. The molecule has 5 aromatic rings. The second-order valence-electron chi connectivity index (χ2n) is 9.60. The van der Waals surface area contributed by atoms with Crippen LogP contribution in [0.5, 0.6) is 11.6 Å². The van der Waals surface area contributed by atoms with E-state index in [-0.39, 0.29) is 0 Å². The first kappa shape index (κ1) is 25.6. The summed E-state index contributed by atoms with van der Waals surface area (Å²) in [5, 5.41) is 5.68. The monoisotopic (exact) mass is 552 g/mol. The molecule has 0 atom stereocenters. The number of hydrogen-bond donors (Lipinski definition) is 1. The summed E-state index contributed by atoms with van der Waals surface area (Å²) in [6.45, 7) is 2.43. The van der Waals surface area contributed by atoms with Gasteiger partial charge in [-0.1, -0.05) is 31.2 Å². The van der Waals surface area contributed by atoms with E-state index in [9.17, 15) is 8.42 Å². The van der Waals surface area contributed by atoms with Crippen molar-refractivity contribution in [2.75, 3.05) is 18.1 Å². The van der Waals surface area contributed by atoms with Crippen LogP contribution >= 0.6 is 0 Å². The Balaban J connectivity index is 1.60. The third kappa shape index (κ3) is 4.69. The highest BCUT2D eigenvalue weighted by Crippen LogP contribution is 2.43. The van der Waals surface area contributed by atoms with Crippen molar-refractivity contribution in [2.24, 2.45) is 0 Å². The number of rotatable bonds is 6. The summed E-state index contributed by atoms with van der Waals surface area (Å²) in [4.78, 5) is 4.55. The van der Waals surface area contributed by atoms with Gasteiger partial charge in [-0.3, -0.25) is 4.72 Å². The van der Waals surface area contributed by atoms with Crippen LogP contribution in [-0.2, 0) is 16.6 Å². The molecule has 0 fully saturated rings. The van der Waals surface area contributed by atoms with Crippen LogP contribution in [0.4, 0.5) is 5.69 Å². The van der Waals surface area contributed by atoms with Crippen LogP contribution in [-0.4, -0.2) is 36.5 Å². The molecule has 0 bridgehead atoms. The van der Waals surface area contributed by atoms with Gasteiger partial charge in [0.2, 0.25) is 15.9 Å². The van der Waals surface area contributed by atoms with Gasteiger partial charge in [-0.25, -0.2) is 18.1 Å². The lowest BCUT2D eigenvalue weighted by atomic mass is 9.86. The normalized spacial score (nSPS) is 14.1. The van der Waals surface area contributed by atoms with Crippen LogP contribution in [0.1, 0.15) is 35.6 Å². The number of para-hydroxylation sites is 2. The maximum atomic E-state index is 11.9. The fourth-order valence-electron chi connectivity index (χ4n) is 5.29. The number of ether oxygens (including phenoxy) is 2. The van der Waals surface area contributed by atoms with Crippen LogP contribution in [0.15, 0.2) is 85.2 Å². The van der Waals surface area contributed by atoms with Crippen molar-refractivity contribution in [1.29, 1.82) is 0 Å². The molecule has 3 heterocycles. The SMILES string of the molecule is CC/C(=C1\c2cc3cnn(-c4ccccc4OC)c3cc2COc2ncccc21)c1cccc(NS(C)(=O)=O)c1. The Labute approximate surface area is 233 Å². The van der Waals surface area contributed by atoms with Gasteiger partial charge < -0.3 is 9.47 Å². The Morgan fingerprint density at radius 3 is 2.70 bits per heavy atom. The van der Waals surface area contributed by atoms with Crippen molar-refractivity contribution in [3.63, 3.8) is 0 Å². The third-order valence-corrected chi connectivity index (χ3v) is 7.56. The maximum absolute atomic E-state index is 11.9. The highest BCUT2D eigenvalue weighted by molar-refractivity contribution is 7.92. The average Bonchev–Trinajstić information content (AvgIpc) is 3.29. The minimum Gasteiger partial charge on any atom is -0.494 e. The van der Waals surface area contributed by atoms with E-state index in [1.54, 1.807) is 19.4 Å². The van der Waals surface area contributed by atoms with Crippen molar-refractivity contribution in [2.45, 2.75) is 20.0 Å². The van der Waals surface area contributed by atoms with Crippen LogP contribution in [0.25, 0.3) is 27.7 Å².